The molecule has 0 unspecified atom stereocenters. The van der Waals surface area contributed by atoms with Gasteiger partial charge in [0.15, 0.2) is 6.61 Å². The lowest BCUT2D eigenvalue weighted by Crippen LogP contribution is -2.21. The van der Waals surface area contributed by atoms with Crippen molar-refractivity contribution in [3.8, 4) is 11.5 Å². The molecule has 0 aliphatic rings. The molecule has 0 fully saturated rings. The van der Waals surface area contributed by atoms with E-state index < -0.39 is 18.5 Å². The number of ether oxygens (including phenoxy) is 2. The van der Waals surface area contributed by atoms with Gasteiger partial charge < -0.3 is 20.1 Å². The van der Waals surface area contributed by atoms with Crippen LogP contribution < -0.4 is 15.4 Å². The zero-order valence-electron chi connectivity index (χ0n) is 20.5. The van der Waals surface area contributed by atoms with Gasteiger partial charge in [0.2, 0.25) is 5.91 Å². The number of anilines is 2. The Kier molecular flexibility index (Phi) is 9.08. The number of carbonyl (C=O) groups excluding carboxylic acids is 3. The van der Waals surface area contributed by atoms with Gasteiger partial charge in [-0.25, -0.2) is 0 Å². The average molecular weight is 509 g/mol. The molecular formula is C28H29ClN2O5. The molecule has 0 saturated heterocycles. The van der Waals surface area contributed by atoms with Crippen molar-refractivity contribution in [1.29, 1.82) is 0 Å². The fourth-order valence-electron chi connectivity index (χ4n) is 3.15. The van der Waals surface area contributed by atoms with Crippen molar-refractivity contribution in [3.05, 3.63) is 83.4 Å². The molecule has 0 spiro atoms. The second kappa shape index (κ2) is 12.2. The highest BCUT2D eigenvalue weighted by atomic mass is 35.5. The summed E-state index contributed by atoms with van der Waals surface area (Å²) in [5.41, 5.74) is 2.40. The number of esters is 1. The summed E-state index contributed by atoms with van der Waals surface area (Å²) in [5, 5.41) is 5.85. The second-order valence-electron chi connectivity index (χ2n) is 9.16. The van der Waals surface area contributed by atoms with Crippen LogP contribution in [-0.2, 0) is 24.5 Å². The minimum atomic E-state index is -0.641. The van der Waals surface area contributed by atoms with Crippen LogP contribution in [0.4, 0.5) is 11.4 Å². The summed E-state index contributed by atoms with van der Waals surface area (Å²) in [5.74, 6) is -0.110. The molecule has 0 saturated carbocycles. The van der Waals surface area contributed by atoms with Crippen LogP contribution in [0.2, 0.25) is 5.02 Å². The molecule has 8 heteroatoms. The molecule has 0 radical (unpaired) electrons. The van der Waals surface area contributed by atoms with Crippen LogP contribution in [-0.4, -0.2) is 24.4 Å². The zero-order valence-corrected chi connectivity index (χ0v) is 21.2. The Morgan fingerprint density at radius 1 is 0.722 bits per heavy atom. The first-order valence-electron chi connectivity index (χ1n) is 11.5. The van der Waals surface area contributed by atoms with E-state index in [2.05, 4.69) is 31.4 Å². The highest BCUT2D eigenvalue weighted by Crippen LogP contribution is 2.27. The molecule has 0 aromatic heterocycles. The van der Waals surface area contributed by atoms with E-state index in [9.17, 15) is 14.4 Å². The molecule has 0 bridgehead atoms. The van der Waals surface area contributed by atoms with Crippen LogP contribution in [0.25, 0.3) is 0 Å². The maximum absolute atomic E-state index is 12.2. The van der Waals surface area contributed by atoms with Gasteiger partial charge in [-0.15, -0.1) is 0 Å². The molecule has 3 rings (SSSR count). The Morgan fingerprint density at radius 3 is 1.78 bits per heavy atom. The van der Waals surface area contributed by atoms with Gasteiger partial charge in [0.1, 0.15) is 11.5 Å². The summed E-state index contributed by atoms with van der Waals surface area (Å²) in [7, 11) is 0. The normalized spacial score (nSPS) is 10.9. The monoisotopic (exact) mass is 508 g/mol. The van der Waals surface area contributed by atoms with Gasteiger partial charge in [0.05, 0.1) is 6.42 Å². The topological polar surface area (TPSA) is 93.7 Å². The molecule has 2 amide bonds. The van der Waals surface area contributed by atoms with Crippen LogP contribution in [0.3, 0.4) is 0 Å². The van der Waals surface area contributed by atoms with Gasteiger partial charge >= 0.3 is 5.97 Å². The third kappa shape index (κ3) is 8.74. The van der Waals surface area contributed by atoms with Crippen molar-refractivity contribution in [1.82, 2.24) is 0 Å². The number of carbonyl (C=O) groups is 3. The fraction of sp³-hybridized carbons (Fsp3) is 0.250. The Balaban J connectivity index is 1.37. The number of nitrogens with one attached hydrogen (secondary N) is 2. The molecule has 0 aliphatic carbocycles. The van der Waals surface area contributed by atoms with Crippen molar-refractivity contribution < 1.29 is 23.9 Å². The lowest BCUT2D eigenvalue weighted by molar-refractivity contribution is -0.147. The second-order valence-corrected chi connectivity index (χ2v) is 9.60. The number of hydrogen-bond donors (Lipinski definition) is 2. The van der Waals surface area contributed by atoms with Crippen molar-refractivity contribution in [2.45, 2.75) is 39.0 Å². The Labute approximate surface area is 215 Å². The summed E-state index contributed by atoms with van der Waals surface area (Å²) >= 11 is 5.79. The number of hydrogen-bond acceptors (Lipinski definition) is 5. The molecule has 3 aromatic carbocycles. The standard InChI is InChI=1S/C28H29ClN2O5/c1-28(2,3)19-4-12-23(13-5-19)36-24-14-10-22(11-15-24)30-25(32)16-17-27(34)35-18-26(33)31-21-8-6-20(29)7-9-21/h4-15H,16-18H2,1-3H3,(H,30,32)(H,31,33). The molecule has 188 valence electrons. The summed E-state index contributed by atoms with van der Waals surface area (Å²) in [4.78, 5) is 35.9. The minimum Gasteiger partial charge on any atom is -0.457 e. The molecule has 0 aliphatic heterocycles. The maximum Gasteiger partial charge on any atom is 0.306 e. The van der Waals surface area contributed by atoms with E-state index in [1.807, 2.05) is 24.3 Å². The third-order valence-corrected chi connectivity index (χ3v) is 5.39. The lowest BCUT2D eigenvalue weighted by Gasteiger charge is -2.19. The number of benzene rings is 3. The van der Waals surface area contributed by atoms with Gasteiger partial charge in [0.25, 0.3) is 5.91 Å². The molecule has 0 heterocycles. The first kappa shape index (κ1) is 26.8. The number of amides is 2. The van der Waals surface area contributed by atoms with Gasteiger partial charge in [-0.2, -0.15) is 0 Å². The average Bonchev–Trinajstić information content (AvgIpc) is 2.84. The van der Waals surface area contributed by atoms with Crippen molar-refractivity contribution in [3.63, 3.8) is 0 Å². The minimum absolute atomic E-state index is 0.0712. The van der Waals surface area contributed by atoms with Crippen LogP contribution in [0.1, 0.15) is 39.2 Å². The molecule has 36 heavy (non-hydrogen) atoms. The molecule has 0 atom stereocenters. The molecule has 7 nitrogen and oxygen atoms in total. The quantitative estimate of drug-likeness (QED) is 0.329. The van der Waals surface area contributed by atoms with E-state index in [4.69, 9.17) is 21.1 Å². The summed E-state index contributed by atoms with van der Waals surface area (Å²) in [6.07, 6.45) is -0.220. The van der Waals surface area contributed by atoms with Crippen molar-refractivity contribution >= 4 is 40.8 Å². The first-order valence-corrected chi connectivity index (χ1v) is 11.9. The van der Waals surface area contributed by atoms with Crippen LogP contribution >= 0.6 is 11.6 Å². The molecule has 3 aromatic rings. The lowest BCUT2D eigenvalue weighted by atomic mass is 9.87. The van der Waals surface area contributed by atoms with Crippen molar-refractivity contribution in [2.24, 2.45) is 0 Å². The smallest absolute Gasteiger partial charge is 0.306 e. The van der Waals surface area contributed by atoms with E-state index in [1.54, 1.807) is 48.5 Å². The predicted octanol–water partition coefficient (Wildman–Crippen LogP) is 6.33. The van der Waals surface area contributed by atoms with Crippen molar-refractivity contribution in [2.75, 3.05) is 17.2 Å². The van der Waals surface area contributed by atoms with Gasteiger partial charge in [-0.05, 0) is 71.6 Å². The van der Waals surface area contributed by atoms with Crippen LogP contribution in [0.15, 0.2) is 72.8 Å². The summed E-state index contributed by atoms with van der Waals surface area (Å²) in [6, 6.07) is 21.4. The maximum atomic E-state index is 12.2. The first-order chi connectivity index (χ1) is 17.1. The van der Waals surface area contributed by atoms with E-state index >= 15 is 0 Å². The summed E-state index contributed by atoms with van der Waals surface area (Å²) in [6.45, 7) is 6.02. The Hall–Kier alpha value is -3.84. The van der Waals surface area contributed by atoms with Gasteiger partial charge in [-0.1, -0.05) is 44.5 Å². The van der Waals surface area contributed by atoms with Crippen LogP contribution in [0, 0.1) is 0 Å². The highest BCUT2D eigenvalue weighted by Gasteiger charge is 2.14. The Morgan fingerprint density at radius 2 is 1.22 bits per heavy atom. The van der Waals surface area contributed by atoms with Gasteiger partial charge in [0, 0.05) is 22.8 Å². The van der Waals surface area contributed by atoms with Gasteiger partial charge in [-0.3, -0.25) is 14.4 Å². The number of halogens is 1. The third-order valence-electron chi connectivity index (χ3n) is 5.14. The summed E-state index contributed by atoms with van der Waals surface area (Å²) < 4.78 is 10.8. The largest absolute Gasteiger partial charge is 0.457 e. The fourth-order valence-corrected chi connectivity index (χ4v) is 3.28. The molecule has 2 N–H and O–H groups in total. The van der Waals surface area contributed by atoms with Crippen LogP contribution in [0.5, 0.6) is 11.5 Å². The predicted molar refractivity (Wildman–Crippen MR) is 141 cm³/mol. The van der Waals surface area contributed by atoms with E-state index in [-0.39, 0.29) is 24.2 Å². The van der Waals surface area contributed by atoms with E-state index in [0.717, 1.165) is 5.75 Å². The Bertz CT molecular complexity index is 1180. The highest BCUT2D eigenvalue weighted by molar-refractivity contribution is 6.30. The van der Waals surface area contributed by atoms with E-state index in [1.165, 1.54) is 5.56 Å². The van der Waals surface area contributed by atoms with E-state index in [0.29, 0.717) is 22.1 Å². The molecular weight excluding hydrogens is 480 g/mol. The zero-order chi connectivity index (χ0) is 26.1. The SMILES string of the molecule is CC(C)(C)c1ccc(Oc2ccc(NC(=O)CCC(=O)OCC(=O)Nc3ccc(Cl)cc3)cc2)cc1. The number of rotatable bonds is 9.